The average Bonchev–Trinajstić information content (AvgIpc) is 3.37. The van der Waals surface area contributed by atoms with Crippen LogP contribution in [0.15, 0.2) is 24.3 Å². The van der Waals surface area contributed by atoms with E-state index >= 15 is 0 Å². The summed E-state index contributed by atoms with van der Waals surface area (Å²) in [5, 5.41) is 0. The zero-order valence-corrected chi connectivity index (χ0v) is 13.5. The van der Waals surface area contributed by atoms with Gasteiger partial charge in [0.25, 0.3) is 0 Å². The molecule has 3 fully saturated rings. The van der Waals surface area contributed by atoms with Gasteiger partial charge in [-0.25, -0.2) is 4.39 Å². The van der Waals surface area contributed by atoms with E-state index in [1.165, 1.54) is 6.07 Å². The van der Waals surface area contributed by atoms with Crippen molar-refractivity contribution in [2.45, 2.75) is 31.4 Å². The van der Waals surface area contributed by atoms with Gasteiger partial charge in [-0.1, -0.05) is 18.2 Å². The molecule has 2 amide bonds. The lowest BCUT2D eigenvalue weighted by molar-refractivity contribution is -0.143. The zero-order valence-electron chi connectivity index (χ0n) is 13.5. The number of likely N-dealkylation sites (tertiary alicyclic amines) is 1. The van der Waals surface area contributed by atoms with Crippen molar-refractivity contribution in [1.82, 2.24) is 9.80 Å². The highest BCUT2D eigenvalue weighted by Gasteiger charge is 2.43. The summed E-state index contributed by atoms with van der Waals surface area (Å²) in [6, 6.07) is 6.86. The SMILES string of the molecule is O=C([C@H]1CC(=O)N(C2CC2)C1)N1CCO[C@H](c2ccccc2F)C1. The summed E-state index contributed by atoms with van der Waals surface area (Å²) in [4.78, 5) is 28.4. The van der Waals surface area contributed by atoms with Crippen LogP contribution in [0.25, 0.3) is 0 Å². The molecule has 0 aromatic heterocycles. The van der Waals surface area contributed by atoms with Crippen LogP contribution in [0.5, 0.6) is 0 Å². The zero-order chi connectivity index (χ0) is 16.7. The topological polar surface area (TPSA) is 49.9 Å². The molecule has 2 aliphatic heterocycles. The van der Waals surface area contributed by atoms with Gasteiger partial charge in [-0.3, -0.25) is 9.59 Å². The minimum absolute atomic E-state index is 0.00357. The second-order valence-corrected chi connectivity index (χ2v) is 6.84. The van der Waals surface area contributed by atoms with Crippen molar-refractivity contribution in [3.05, 3.63) is 35.6 Å². The van der Waals surface area contributed by atoms with Gasteiger partial charge >= 0.3 is 0 Å². The molecular formula is C18H21FN2O3. The minimum Gasteiger partial charge on any atom is -0.370 e. The maximum atomic E-state index is 14.0. The van der Waals surface area contributed by atoms with Gasteiger partial charge < -0.3 is 14.5 Å². The molecule has 1 aromatic rings. The summed E-state index contributed by atoms with van der Waals surface area (Å²) in [5.74, 6) is -0.490. The van der Waals surface area contributed by atoms with Gasteiger partial charge in [0.1, 0.15) is 11.9 Å². The molecule has 0 radical (unpaired) electrons. The third-order valence-corrected chi connectivity index (χ3v) is 5.13. The summed E-state index contributed by atoms with van der Waals surface area (Å²) in [6.07, 6.45) is 1.97. The fraction of sp³-hybridized carbons (Fsp3) is 0.556. The molecule has 3 aliphatic rings. The van der Waals surface area contributed by atoms with Crippen LogP contribution in [-0.2, 0) is 14.3 Å². The lowest BCUT2D eigenvalue weighted by atomic mass is 10.0. The molecule has 0 N–H and O–H groups in total. The van der Waals surface area contributed by atoms with E-state index in [1.54, 1.807) is 23.1 Å². The van der Waals surface area contributed by atoms with Crippen LogP contribution in [0.4, 0.5) is 4.39 Å². The lowest BCUT2D eigenvalue weighted by Gasteiger charge is -2.34. The number of halogens is 1. The minimum atomic E-state index is -0.444. The third-order valence-electron chi connectivity index (χ3n) is 5.13. The van der Waals surface area contributed by atoms with E-state index in [0.29, 0.717) is 44.3 Å². The highest BCUT2D eigenvalue weighted by Crippen LogP contribution is 2.34. The number of nitrogens with zero attached hydrogens (tertiary/aromatic N) is 2. The smallest absolute Gasteiger partial charge is 0.228 e. The van der Waals surface area contributed by atoms with Crippen LogP contribution in [0.2, 0.25) is 0 Å². The summed E-state index contributed by atoms with van der Waals surface area (Å²) in [6.45, 7) is 1.76. The van der Waals surface area contributed by atoms with Crippen LogP contribution in [0.1, 0.15) is 30.9 Å². The maximum absolute atomic E-state index is 14.0. The normalized spacial score (nSPS) is 27.6. The van der Waals surface area contributed by atoms with Crippen molar-refractivity contribution in [2.75, 3.05) is 26.2 Å². The van der Waals surface area contributed by atoms with Gasteiger partial charge in [0.05, 0.1) is 19.1 Å². The Morgan fingerprint density at radius 2 is 2.00 bits per heavy atom. The van der Waals surface area contributed by atoms with Crippen LogP contribution in [0.3, 0.4) is 0 Å². The van der Waals surface area contributed by atoms with Crippen molar-refractivity contribution in [3.8, 4) is 0 Å². The van der Waals surface area contributed by atoms with E-state index in [9.17, 15) is 14.0 Å². The first-order chi connectivity index (χ1) is 11.6. The Balaban J connectivity index is 1.43. The summed E-state index contributed by atoms with van der Waals surface area (Å²) >= 11 is 0. The molecule has 0 spiro atoms. The Bertz CT molecular complexity index is 661. The second-order valence-electron chi connectivity index (χ2n) is 6.84. The second kappa shape index (κ2) is 6.16. The first-order valence-electron chi connectivity index (χ1n) is 8.58. The molecule has 1 saturated carbocycles. The van der Waals surface area contributed by atoms with Gasteiger partial charge in [0.15, 0.2) is 0 Å². The monoisotopic (exact) mass is 332 g/mol. The Morgan fingerprint density at radius 3 is 2.75 bits per heavy atom. The summed E-state index contributed by atoms with van der Waals surface area (Å²) in [5.41, 5.74) is 0.483. The number of carbonyl (C=O) groups is 2. The molecule has 4 rings (SSSR count). The molecule has 0 unspecified atom stereocenters. The molecule has 1 aliphatic carbocycles. The van der Waals surface area contributed by atoms with E-state index < -0.39 is 6.10 Å². The van der Waals surface area contributed by atoms with Gasteiger partial charge in [0.2, 0.25) is 11.8 Å². The molecular weight excluding hydrogens is 311 g/mol. The molecule has 128 valence electrons. The fourth-order valence-electron chi connectivity index (χ4n) is 3.67. The fourth-order valence-corrected chi connectivity index (χ4v) is 3.67. The van der Waals surface area contributed by atoms with Crippen molar-refractivity contribution in [1.29, 1.82) is 0 Å². The summed E-state index contributed by atoms with van der Waals surface area (Å²) in [7, 11) is 0. The Morgan fingerprint density at radius 1 is 1.21 bits per heavy atom. The quantitative estimate of drug-likeness (QED) is 0.847. The standard InChI is InChI=1S/C18H21FN2O3/c19-15-4-2-1-3-14(15)16-11-20(7-8-24-16)18(23)12-9-17(22)21(10-12)13-5-6-13/h1-4,12-13,16H,5-11H2/t12-,16-/m0/s1. The highest BCUT2D eigenvalue weighted by molar-refractivity contribution is 5.89. The van der Waals surface area contributed by atoms with Crippen LogP contribution < -0.4 is 0 Å². The van der Waals surface area contributed by atoms with E-state index in [0.717, 1.165) is 12.8 Å². The first-order valence-corrected chi connectivity index (χ1v) is 8.58. The molecule has 2 atom stereocenters. The van der Waals surface area contributed by atoms with E-state index in [-0.39, 0.29) is 23.5 Å². The molecule has 0 bridgehead atoms. The number of morpholine rings is 1. The van der Waals surface area contributed by atoms with Gasteiger partial charge in [-0.2, -0.15) is 0 Å². The molecule has 2 heterocycles. The maximum Gasteiger partial charge on any atom is 0.228 e. The summed E-state index contributed by atoms with van der Waals surface area (Å²) < 4.78 is 19.6. The van der Waals surface area contributed by atoms with Gasteiger partial charge in [-0.15, -0.1) is 0 Å². The van der Waals surface area contributed by atoms with Crippen molar-refractivity contribution in [2.24, 2.45) is 5.92 Å². The third kappa shape index (κ3) is 2.90. The van der Waals surface area contributed by atoms with Crippen molar-refractivity contribution < 1.29 is 18.7 Å². The molecule has 6 heteroatoms. The van der Waals surface area contributed by atoms with Gasteiger partial charge in [0, 0.05) is 31.1 Å². The molecule has 1 aromatic carbocycles. The predicted octanol–water partition coefficient (Wildman–Crippen LogP) is 1.74. The lowest BCUT2D eigenvalue weighted by Crippen LogP contribution is -2.45. The molecule has 2 saturated heterocycles. The average molecular weight is 332 g/mol. The Labute approximate surface area is 140 Å². The van der Waals surface area contributed by atoms with E-state index in [4.69, 9.17) is 4.74 Å². The van der Waals surface area contributed by atoms with E-state index in [2.05, 4.69) is 0 Å². The van der Waals surface area contributed by atoms with Crippen LogP contribution in [-0.4, -0.2) is 53.9 Å². The van der Waals surface area contributed by atoms with E-state index in [1.807, 2.05) is 4.90 Å². The van der Waals surface area contributed by atoms with Crippen molar-refractivity contribution >= 4 is 11.8 Å². The van der Waals surface area contributed by atoms with Crippen LogP contribution >= 0.6 is 0 Å². The van der Waals surface area contributed by atoms with Crippen LogP contribution in [0, 0.1) is 11.7 Å². The number of hydrogen-bond acceptors (Lipinski definition) is 3. The first kappa shape index (κ1) is 15.6. The largest absolute Gasteiger partial charge is 0.370 e. The highest BCUT2D eigenvalue weighted by atomic mass is 19.1. The Hall–Kier alpha value is -1.95. The molecule has 24 heavy (non-hydrogen) atoms. The predicted molar refractivity (Wildman–Crippen MR) is 84.5 cm³/mol. The van der Waals surface area contributed by atoms with Crippen molar-refractivity contribution in [3.63, 3.8) is 0 Å². The number of carbonyl (C=O) groups excluding carboxylic acids is 2. The number of hydrogen-bond donors (Lipinski definition) is 0. The number of ether oxygens (including phenoxy) is 1. The van der Waals surface area contributed by atoms with Gasteiger partial charge in [-0.05, 0) is 18.9 Å². The number of amides is 2. The molecule has 5 nitrogen and oxygen atoms in total. The number of rotatable bonds is 3. The number of benzene rings is 1. The Kier molecular flexibility index (Phi) is 4.00.